The van der Waals surface area contributed by atoms with Gasteiger partial charge in [-0.05, 0) is 71.5 Å². The van der Waals surface area contributed by atoms with Crippen molar-refractivity contribution in [2.75, 3.05) is 27.9 Å². The molecule has 3 aromatic rings. The van der Waals surface area contributed by atoms with Gasteiger partial charge in [0.05, 0.1) is 26.2 Å². The van der Waals surface area contributed by atoms with Crippen LogP contribution in [0.1, 0.15) is 22.3 Å². The van der Waals surface area contributed by atoms with Crippen LogP contribution in [-0.4, -0.2) is 57.4 Å². The summed E-state index contributed by atoms with van der Waals surface area (Å²) in [5.41, 5.74) is 3.96. The van der Waals surface area contributed by atoms with Gasteiger partial charge in [0, 0.05) is 19.6 Å². The maximum absolute atomic E-state index is 14.0. The molecular formula is C28H30N2O6S. The van der Waals surface area contributed by atoms with Crippen molar-refractivity contribution in [2.45, 2.75) is 36.9 Å². The zero-order chi connectivity index (χ0) is 26.2. The number of sulfonamides is 1. The van der Waals surface area contributed by atoms with E-state index in [0.29, 0.717) is 43.2 Å². The minimum atomic E-state index is -3.95. The van der Waals surface area contributed by atoms with Crippen molar-refractivity contribution < 1.29 is 27.4 Å². The number of carbonyl (C=O) groups excluding carboxylic acids is 1. The molecule has 0 spiro atoms. The lowest BCUT2D eigenvalue weighted by atomic mass is 9.93. The molecule has 37 heavy (non-hydrogen) atoms. The number of hydrogen-bond acceptors (Lipinski definition) is 6. The monoisotopic (exact) mass is 522 g/mol. The van der Waals surface area contributed by atoms with Crippen molar-refractivity contribution in [2.24, 2.45) is 0 Å². The summed E-state index contributed by atoms with van der Waals surface area (Å²) in [4.78, 5) is 15.9. The van der Waals surface area contributed by atoms with Crippen LogP contribution >= 0.6 is 0 Å². The number of benzene rings is 3. The second kappa shape index (κ2) is 10.1. The highest BCUT2D eigenvalue weighted by Gasteiger charge is 2.41. The number of ether oxygens (including phenoxy) is 3. The van der Waals surface area contributed by atoms with Gasteiger partial charge in [-0.1, -0.05) is 24.3 Å². The first-order valence-electron chi connectivity index (χ1n) is 12.1. The van der Waals surface area contributed by atoms with Gasteiger partial charge in [-0.2, -0.15) is 4.31 Å². The van der Waals surface area contributed by atoms with Crippen molar-refractivity contribution in [3.63, 3.8) is 0 Å². The van der Waals surface area contributed by atoms with E-state index in [4.69, 9.17) is 14.2 Å². The molecule has 9 heteroatoms. The summed E-state index contributed by atoms with van der Waals surface area (Å²) in [5.74, 6) is 1.62. The van der Waals surface area contributed by atoms with Crippen LogP contribution in [-0.2, 0) is 40.7 Å². The molecule has 194 valence electrons. The number of hydrogen-bond donors (Lipinski definition) is 0. The van der Waals surface area contributed by atoms with Crippen LogP contribution in [0.5, 0.6) is 17.2 Å². The molecule has 0 N–H and O–H groups in total. The Kier molecular flexibility index (Phi) is 6.83. The van der Waals surface area contributed by atoms with Crippen LogP contribution in [0.2, 0.25) is 0 Å². The number of amides is 1. The molecule has 2 heterocycles. The molecule has 0 saturated carbocycles. The van der Waals surface area contributed by atoms with E-state index in [9.17, 15) is 13.2 Å². The Morgan fingerprint density at radius 1 is 0.811 bits per heavy atom. The van der Waals surface area contributed by atoms with Gasteiger partial charge in [-0.3, -0.25) is 4.79 Å². The second-order valence-electron chi connectivity index (χ2n) is 9.20. The van der Waals surface area contributed by atoms with E-state index in [0.717, 1.165) is 22.3 Å². The SMILES string of the molecule is COc1ccc(S(=O)(=O)N2Cc3ccccc3C[C@H]2C(=O)N2CCc3cc(OC)c(OC)cc3C2)cc1. The summed E-state index contributed by atoms with van der Waals surface area (Å²) in [7, 11) is 0.761. The molecule has 2 aliphatic rings. The first-order chi connectivity index (χ1) is 17.8. The van der Waals surface area contributed by atoms with Crippen molar-refractivity contribution in [1.82, 2.24) is 9.21 Å². The van der Waals surface area contributed by atoms with Crippen molar-refractivity contribution >= 4 is 15.9 Å². The van der Waals surface area contributed by atoms with E-state index in [1.165, 1.54) is 23.5 Å². The fourth-order valence-corrected chi connectivity index (χ4v) is 6.69. The highest BCUT2D eigenvalue weighted by atomic mass is 32.2. The highest BCUT2D eigenvalue weighted by molar-refractivity contribution is 7.89. The summed E-state index contributed by atoms with van der Waals surface area (Å²) >= 11 is 0. The standard InChI is InChI=1S/C28H30N2O6S/c1-34-23-8-10-24(11-9-23)37(32,33)30-18-21-7-5-4-6-19(21)14-25(30)28(31)29-13-12-20-15-26(35-2)27(36-3)16-22(20)17-29/h4-11,15-16,25H,12-14,17-18H2,1-3H3/t25-/m0/s1. The van der Waals surface area contributed by atoms with Gasteiger partial charge in [0.25, 0.3) is 0 Å². The normalized spacial score (nSPS) is 17.5. The van der Waals surface area contributed by atoms with E-state index in [2.05, 4.69) is 0 Å². The van der Waals surface area contributed by atoms with Gasteiger partial charge in [-0.15, -0.1) is 0 Å². The second-order valence-corrected chi connectivity index (χ2v) is 11.1. The lowest BCUT2D eigenvalue weighted by Gasteiger charge is -2.39. The van der Waals surface area contributed by atoms with Crippen molar-refractivity contribution in [1.29, 1.82) is 0 Å². The smallest absolute Gasteiger partial charge is 0.244 e. The average molecular weight is 523 g/mol. The number of carbonyl (C=O) groups is 1. The third kappa shape index (κ3) is 4.65. The van der Waals surface area contributed by atoms with E-state index in [1.807, 2.05) is 36.4 Å². The Morgan fingerprint density at radius 3 is 2.11 bits per heavy atom. The molecule has 3 aromatic carbocycles. The molecule has 8 nitrogen and oxygen atoms in total. The number of rotatable bonds is 6. The molecule has 0 bridgehead atoms. The lowest BCUT2D eigenvalue weighted by molar-refractivity contribution is -0.136. The fourth-order valence-electron chi connectivity index (χ4n) is 5.13. The van der Waals surface area contributed by atoms with Gasteiger partial charge in [0.15, 0.2) is 11.5 Å². The number of fused-ring (bicyclic) bond motifs is 2. The molecular weight excluding hydrogens is 492 g/mol. The van der Waals surface area contributed by atoms with Gasteiger partial charge >= 0.3 is 0 Å². The molecule has 0 radical (unpaired) electrons. The maximum atomic E-state index is 14.0. The van der Waals surface area contributed by atoms with Gasteiger partial charge in [0.1, 0.15) is 11.8 Å². The zero-order valence-corrected chi connectivity index (χ0v) is 22.0. The molecule has 0 saturated heterocycles. The third-order valence-electron chi connectivity index (χ3n) is 7.19. The first-order valence-corrected chi connectivity index (χ1v) is 13.5. The Balaban J connectivity index is 1.48. The Morgan fingerprint density at radius 2 is 1.46 bits per heavy atom. The number of nitrogens with zero attached hydrogens (tertiary/aromatic N) is 2. The van der Waals surface area contributed by atoms with Crippen LogP contribution in [0.3, 0.4) is 0 Å². The average Bonchev–Trinajstić information content (AvgIpc) is 2.94. The zero-order valence-electron chi connectivity index (χ0n) is 21.1. The first kappa shape index (κ1) is 25.1. The topological polar surface area (TPSA) is 85.4 Å². The molecule has 2 aliphatic heterocycles. The Hall–Kier alpha value is -3.56. The number of methoxy groups -OCH3 is 3. The highest BCUT2D eigenvalue weighted by Crippen LogP contribution is 2.35. The molecule has 1 atom stereocenters. The lowest BCUT2D eigenvalue weighted by Crippen LogP contribution is -2.54. The van der Waals surface area contributed by atoms with Gasteiger partial charge in [-0.25, -0.2) is 8.42 Å². The molecule has 0 unspecified atom stereocenters. The largest absolute Gasteiger partial charge is 0.497 e. The molecule has 0 aromatic heterocycles. The Labute approximate surface area is 217 Å². The molecule has 1 amide bonds. The summed E-state index contributed by atoms with van der Waals surface area (Å²) in [6.07, 6.45) is 0.968. The summed E-state index contributed by atoms with van der Waals surface area (Å²) in [6.45, 7) is 1.01. The van der Waals surface area contributed by atoms with E-state index < -0.39 is 16.1 Å². The third-order valence-corrected chi connectivity index (χ3v) is 9.06. The maximum Gasteiger partial charge on any atom is 0.244 e. The van der Waals surface area contributed by atoms with E-state index in [1.54, 1.807) is 31.3 Å². The molecule has 0 aliphatic carbocycles. The van der Waals surface area contributed by atoms with Crippen LogP contribution in [0.15, 0.2) is 65.6 Å². The molecule has 0 fully saturated rings. The predicted molar refractivity (Wildman–Crippen MR) is 138 cm³/mol. The quantitative estimate of drug-likeness (QED) is 0.493. The minimum Gasteiger partial charge on any atom is -0.497 e. The Bertz CT molecular complexity index is 1420. The van der Waals surface area contributed by atoms with Crippen LogP contribution < -0.4 is 14.2 Å². The summed E-state index contributed by atoms with van der Waals surface area (Å²) in [5, 5.41) is 0. The van der Waals surface area contributed by atoms with Crippen LogP contribution in [0.25, 0.3) is 0 Å². The minimum absolute atomic E-state index is 0.131. The van der Waals surface area contributed by atoms with Gasteiger partial charge < -0.3 is 19.1 Å². The predicted octanol–water partition coefficient (Wildman–Crippen LogP) is 3.41. The van der Waals surface area contributed by atoms with E-state index >= 15 is 0 Å². The van der Waals surface area contributed by atoms with Crippen molar-refractivity contribution in [3.8, 4) is 17.2 Å². The van der Waals surface area contributed by atoms with Crippen LogP contribution in [0, 0.1) is 0 Å². The summed E-state index contributed by atoms with van der Waals surface area (Å²) in [6, 6.07) is 17.0. The summed E-state index contributed by atoms with van der Waals surface area (Å²) < 4.78 is 45.1. The van der Waals surface area contributed by atoms with Crippen molar-refractivity contribution in [3.05, 3.63) is 82.9 Å². The van der Waals surface area contributed by atoms with Crippen LogP contribution in [0.4, 0.5) is 0 Å². The van der Waals surface area contributed by atoms with Gasteiger partial charge in [0.2, 0.25) is 15.9 Å². The molecule has 5 rings (SSSR count). The van der Waals surface area contributed by atoms with E-state index in [-0.39, 0.29) is 17.3 Å². The fraction of sp³-hybridized carbons (Fsp3) is 0.321.